The quantitative estimate of drug-likeness (QED) is 0.837. The van der Waals surface area contributed by atoms with Gasteiger partial charge >= 0.3 is 0 Å². The predicted molar refractivity (Wildman–Crippen MR) is 102 cm³/mol. The zero-order valence-corrected chi connectivity index (χ0v) is 15.3. The van der Waals surface area contributed by atoms with Crippen molar-refractivity contribution >= 4 is 33.5 Å². The second-order valence-corrected chi connectivity index (χ2v) is 8.02. The second kappa shape index (κ2) is 7.99. The zero-order valence-electron chi connectivity index (χ0n) is 13.7. The molecule has 1 aromatic heterocycles. The van der Waals surface area contributed by atoms with E-state index in [4.69, 9.17) is 11.6 Å². The average molecular weight is 378 g/mol. The number of nitrogens with zero attached hydrogens (tertiary/aromatic N) is 2. The molecule has 0 aliphatic carbocycles. The third-order valence-corrected chi connectivity index (χ3v) is 5.32. The molecule has 1 aromatic carbocycles. The highest BCUT2D eigenvalue weighted by Gasteiger charge is 2.14. The van der Waals surface area contributed by atoms with Crippen molar-refractivity contribution in [2.45, 2.75) is 19.4 Å². The minimum absolute atomic E-state index is 0.233. The summed E-state index contributed by atoms with van der Waals surface area (Å²) >= 11 is 5.82. The van der Waals surface area contributed by atoms with E-state index < -0.39 is 10.0 Å². The summed E-state index contributed by atoms with van der Waals surface area (Å²) in [5.74, 6) is 0.908. The molecule has 132 valence electrons. The van der Waals surface area contributed by atoms with E-state index in [0.717, 1.165) is 30.0 Å². The van der Waals surface area contributed by atoms with Gasteiger partial charge in [-0.3, -0.25) is 0 Å². The number of pyridine rings is 1. The first-order chi connectivity index (χ1) is 12.0. The van der Waals surface area contributed by atoms with Crippen molar-refractivity contribution in [2.24, 2.45) is 0 Å². The molecule has 0 unspecified atom stereocenters. The van der Waals surface area contributed by atoms with E-state index in [9.17, 15) is 8.42 Å². The molecule has 0 saturated carbocycles. The van der Waals surface area contributed by atoms with Crippen LogP contribution in [0, 0.1) is 0 Å². The van der Waals surface area contributed by atoms with E-state index in [2.05, 4.69) is 14.6 Å². The summed E-state index contributed by atoms with van der Waals surface area (Å²) in [6.07, 6.45) is 5.61. The molecule has 2 aromatic rings. The van der Waals surface area contributed by atoms with Crippen LogP contribution >= 0.6 is 11.6 Å². The molecule has 2 heterocycles. The Morgan fingerprint density at radius 3 is 2.60 bits per heavy atom. The lowest BCUT2D eigenvalue weighted by molar-refractivity contribution is 0.590. The Bertz CT molecular complexity index is 845. The van der Waals surface area contributed by atoms with Gasteiger partial charge in [0.15, 0.2) is 0 Å². The first kappa shape index (κ1) is 17.9. The summed E-state index contributed by atoms with van der Waals surface area (Å²) < 4.78 is 26.9. The number of hydrogen-bond donors (Lipinski definition) is 1. The van der Waals surface area contributed by atoms with Gasteiger partial charge in [-0.05, 0) is 54.3 Å². The van der Waals surface area contributed by atoms with Gasteiger partial charge < -0.3 is 4.90 Å². The van der Waals surface area contributed by atoms with Crippen LogP contribution in [0.3, 0.4) is 0 Å². The van der Waals surface area contributed by atoms with Gasteiger partial charge in [-0.1, -0.05) is 23.7 Å². The van der Waals surface area contributed by atoms with Crippen LogP contribution in [-0.4, -0.2) is 26.5 Å². The molecule has 3 rings (SSSR count). The molecule has 5 nitrogen and oxygen atoms in total. The third kappa shape index (κ3) is 5.29. The van der Waals surface area contributed by atoms with Crippen molar-refractivity contribution in [1.29, 1.82) is 0 Å². The first-order valence-corrected chi connectivity index (χ1v) is 10.1. The lowest BCUT2D eigenvalue weighted by Gasteiger charge is -2.16. The van der Waals surface area contributed by atoms with E-state index in [0.29, 0.717) is 5.02 Å². The number of rotatable bonds is 6. The number of nitrogens with one attached hydrogen (secondary N) is 1. The predicted octanol–water partition coefficient (Wildman–Crippen LogP) is 3.43. The highest BCUT2D eigenvalue weighted by atomic mass is 35.5. The highest BCUT2D eigenvalue weighted by Crippen LogP contribution is 2.18. The van der Waals surface area contributed by atoms with Gasteiger partial charge in [-0.2, -0.15) is 0 Å². The van der Waals surface area contributed by atoms with Gasteiger partial charge in [-0.15, -0.1) is 0 Å². The maximum absolute atomic E-state index is 12.1. The van der Waals surface area contributed by atoms with Crippen molar-refractivity contribution in [2.75, 3.05) is 18.0 Å². The molecule has 0 bridgehead atoms. The van der Waals surface area contributed by atoms with Crippen LogP contribution in [0.2, 0.25) is 5.02 Å². The third-order valence-electron chi connectivity index (χ3n) is 4.03. The molecule has 1 aliphatic heterocycles. The van der Waals surface area contributed by atoms with Crippen molar-refractivity contribution in [1.82, 2.24) is 9.71 Å². The van der Waals surface area contributed by atoms with Gasteiger partial charge in [-0.25, -0.2) is 18.1 Å². The maximum Gasteiger partial charge on any atom is 0.234 e. The standard InChI is InChI=1S/C18H20ClN3O2S/c19-17-5-3-15(4-6-17)8-12-25(23,24)21-14-16-7-9-20-18(13-16)22-10-1-2-11-22/h3-9,12-13,21H,1-2,10-11,14H2/b12-8+. The average Bonchev–Trinajstić information content (AvgIpc) is 3.15. The van der Waals surface area contributed by atoms with Crippen LogP contribution in [0.25, 0.3) is 6.08 Å². The molecule has 1 saturated heterocycles. The van der Waals surface area contributed by atoms with Crippen LogP contribution < -0.4 is 9.62 Å². The summed E-state index contributed by atoms with van der Waals surface area (Å²) in [6.45, 7) is 2.24. The van der Waals surface area contributed by atoms with Crippen LogP contribution in [0.5, 0.6) is 0 Å². The lowest BCUT2D eigenvalue weighted by atomic mass is 10.2. The summed E-state index contributed by atoms with van der Waals surface area (Å²) in [6, 6.07) is 10.7. The smallest absolute Gasteiger partial charge is 0.234 e. The highest BCUT2D eigenvalue weighted by molar-refractivity contribution is 7.92. The zero-order chi connectivity index (χ0) is 17.7. The van der Waals surface area contributed by atoms with Gasteiger partial charge in [0.25, 0.3) is 0 Å². The molecule has 0 amide bonds. The number of anilines is 1. The van der Waals surface area contributed by atoms with Crippen LogP contribution in [-0.2, 0) is 16.6 Å². The summed E-state index contributed by atoms with van der Waals surface area (Å²) in [5, 5.41) is 1.78. The number of halogens is 1. The van der Waals surface area contributed by atoms with Crippen LogP contribution in [0.1, 0.15) is 24.0 Å². The summed E-state index contributed by atoms with van der Waals surface area (Å²) in [4.78, 5) is 6.59. The van der Waals surface area contributed by atoms with E-state index in [1.807, 2.05) is 12.1 Å². The largest absolute Gasteiger partial charge is 0.357 e. The van der Waals surface area contributed by atoms with Crippen molar-refractivity contribution in [3.8, 4) is 0 Å². The Kier molecular flexibility index (Phi) is 5.73. The van der Waals surface area contributed by atoms with Gasteiger partial charge in [0, 0.05) is 36.3 Å². The Balaban J connectivity index is 1.61. The maximum atomic E-state index is 12.1. The van der Waals surface area contributed by atoms with Crippen LogP contribution in [0.15, 0.2) is 48.0 Å². The molecular weight excluding hydrogens is 358 g/mol. The fourth-order valence-electron chi connectivity index (χ4n) is 2.66. The molecular formula is C18H20ClN3O2S. The molecule has 0 atom stereocenters. The molecule has 1 aliphatic rings. The van der Waals surface area contributed by atoms with E-state index >= 15 is 0 Å². The Hall–Kier alpha value is -1.89. The number of aromatic nitrogens is 1. The molecule has 7 heteroatoms. The van der Waals surface area contributed by atoms with E-state index in [-0.39, 0.29) is 6.54 Å². The minimum atomic E-state index is -3.52. The molecule has 1 fully saturated rings. The fraction of sp³-hybridized carbons (Fsp3) is 0.278. The van der Waals surface area contributed by atoms with Crippen molar-refractivity contribution in [3.63, 3.8) is 0 Å². The van der Waals surface area contributed by atoms with E-state index in [1.165, 1.54) is 18.2 Å². The normalized spacial score (nSPS) is 15.2. The SMILES string of the molecule is O=S(=O)(/C=C/c1ccc(Cl)cc1)NCc1ccnc(N2CCCC2)c1. The summed E-state index contributed by atoms with van der Waals surface area (Å²) in [7, 11) is -3.52. The molecule has 0 radical (unpaired) electrons. The molecule has 1 N–H and O–H groups in total. The van der Waals surface area contributed by atoms with Crippen molar-refractivity contribution in [3.05, 3.63) is 64.2 Å². The minimum Gasteiger partial charge on any atom is -0.357 e. The summed E-state index contributed by atoms with van der Waals surface area (Å²) in [5.41, 5.74) is 1.66. The van der Waals surface area contributed by atoms with E-state index in [1.54, 1.807) is 36.5 Å². The van der Waals surface area contributed by atoms with Gasteiger partial charge in [0.2, 0.25) is 10.0 Å². The Morgan fingerprint density at radius 1 is 1.16 bits per heavy atom. The lowest BCUT2D eigenvalue weighted by Crippen LogP contribution is -2.22. The molecule has 25 heavy (non-hydrogen) atoms. The van der Waals surface area contributed by atoms with Gasteiger partial charge in [0.1, 0.15) is 5.82 Å². The molecule has 0 spiro atoms. The first-order valence-electron chi connectivity index (χ1n) is 8.15. The Labute approximate surface area is 153 Å². The van der Waals surface area contributed by atoms with Crippen LogP contribution in [0.4, 0.5) is 5.82 Å². The number of sulfonamides is 1. The number of hydrogen-bond acceptors (Lipinski definition) is 4. The second-order valence-electron chi connectivity index (χ2n) is 5.94. The Morgan fingerprint density at radius 2 is 1.88 bits per heavy atom. The van der Waals surface area contributed by atoms with Crippen molar-refractivity contribution < 1.29 is 8.42 Å². The number of benzene rings is 1. The van der Waals surface area contributed by atoms with Gasteiger partial charge in [0.05, 0.1) is 0 Å². The monoisotopic (exact) mass is 377 g/mol. The topological polar surface area (TPSA) is 62.3 Å². The fourth-order valence-corrected chi connectivity index (χ4v) is 3.59.